The highest BCUT2D eigenvalue weighted by atomic mass is 19.4. The molecule has 13 heteroatoms. The van der Waals surface area contributed by atoms with Gasteiger partial charge in [-0.3, -0.25) is 0 Å². The Bertz CT molecular complexity index is 1380. The first-order valence-corrected chi connectivity index (χ1v) is 12.1. The van der Waals surface area contributed by atoms with Gasteiger partial charge in [0, 0.05) is 37.8 Å². The van der Waals surface area contributed by atoms with E-state index in [9.17, 15) is 32.7 Å². The van der Waals surface area contributed by atoms with Gasteiger partial charge in [-0.05, 0) is 42.2 Å². The lowest BCUT2D eigenvalue weighted by Crippen LogP contribution is -2.54. The molecule has 2 aliphatic rings. The van der Waals surface area contributed by atoms with Crippen molar-refractivity contribution in [2.45, 2.75) is 44.1 Å². The summed E-state index contributed by atoms with van der Waals surface area (Å²) in [4.78, 5) is 46.3. The molecule has 200 valence electrons. The molecule has 1 atom stereocenters. The Balaban J connectivity index is 1.19. The maximum atomic E-state index is 12.9. The number of urea groups is 2. The molecule has 0 saturated carbocycles. The molecule has 0 radical (unpaired) electrons. The third kappa shape index (κ3) is 5.22. The number of hydrogen-bond donors (Lipinski definition) is 4. The Labute approximate surface area is 214 Å². The summed E-state index contributed by atoms with van der Waals surface area (Å²) in [6, 6.07) is 9.74. The van der Waals surface area contributed by atoms with Crippen LogP contribution in [0.4, 0.5) is 28.4 Å². The van der Waals surface area contributed by atoms with Crippen LogP contribution in [0.1, 0.15) is 29.8 Å². The first-order chi connectivity index (χ1) is 18.1. The van der Waals surface area contributed by atoms with Gasteiger partial charge in [0.15, 0.2) is 0 Å². The highest BCUT2D eigenvalue weighted by Gasteiger charge is 2.35. The number of piperidine rings is 1. The van der Waals surface area contributed by atoms with Crippen molar-refractivity contribution in [3.63, 3.8) is 0 Å². The van der Waals surface area contributed by atoms with Gasteiger partial charge in [-0.1, -0.05) is 24.3 Å². The Hall–Kier alpha value is -4.29. The van der Waals surface area contributed by atoms with Gasteiger partial charge in [-0.25, -0.2) is 19.4 Å². The number of nitrogens with zero attached hydrogens (tertiary/aromatic N) is 3. The number of amides is 4. The van der Waals surface area contributed by atoms with Crippen LogP contribution < -0.4 is 10.6 Å². The number of imidazole rings is 1. The lowest BCUT2D eigenvalue weighted by atomic mass is 10.0. The molecule has 1 aromatic heterocycles. The fourth-order valence-corrected chi connectivity index (χ4v) is 4.89. The topological polar surface area (TPSA) is 131 Å². The average Bonchev–Trinajstić information content (AvgIpc) is 3.32. The van der Waals surface area contributed by atoms with E-state index in [-0.39, 0.29) is 29.5 Å². The average molecular weight is 531 g/mol. The van der Waals surface area contributed by atoms with Crippen LogP contribution in [-0.2, 0) is 23.9 Å². The molecular weight excluding hydrogens is 505 g/mol. The molecule has 0 spiro atoms. The number of likely N-dealkylation sites (tertiary alicyclic amines) is 1. The minimum absolute atomic E-state index is 0.0525. The van der Waals surface area contributed by atoms with Crippen molar-refractivity contribution < 1.29 is 32.7 Å². The Morgan fingerprint density at radius 1 is 1.16 bits per heavy atom. The van der Waals surface area contributed by atoms with Crippen molar-refractivity contribution in [1.82, 2.24) is 25.1 Å². The van der Waals surface area contributed by atoms with Crippen LogP contribution in [0.25, 0.3) is 11.0 Å². The fraction of sp³-hybridized carbons (Fsp3) is 0.360. The first kappa shape index (κ1) is 25.4. The molecule has 2 aromatic carbocycles. The number of aromatic amines is 1. The number of halogens is 3. The highest BCUT2D eigenvalue weighted by molar-refractivity contribution is 5.92. The van der Waals surface area contributed by atoms with Crippen LogP contribution in [-0.4, -0.2) is 68.1 Å². The molecule has 0 aliphatic carbocycles. The monoisotopic (exact) mass is 530 g/mol. The van der Waals surface area contributed by atoms with Crippen molar-refractivity contribution in [3.8, 4) is 0 Å². The van der Waals surface area contributed by atoms with Gasteiger partial charge in [0.25, 0.3) is 0 Å². The van der Waals surface area contributed by atoms with E-state index in [2.05, 4.69) is 20.6 Å². The molecular formula is C25H25F3N6O4. The summed E-state index contributed by atoms with van der Waals surface area (Å²) in [6.07, 6.45) is -3.68. The molecule has 1 fully saturated rings. The van der Waals surface area contributed by atoms with Crippen molar-refractivity contribution in [2.24, 2.45) is 0 Å². The van der Waals surface area contributed by atoms with Crippen LogP contribution in [0.3, 0.4) is 0 Å². The van der Waals surface area contributed by atoms with Gasteiger partial charge in [0.1, 0.15) is 6.04 Å². The third-order valence-electron chi connectivity index (χ3n) is 6.90. The van der Waals surface area contributed by atoms with Crippen LogP contribution >= 0.6 is 0 Å². The van der Waals surface area contributed by atoms with E-state index in [1.807, 2.05) is 24.3 Å². The molecule has 0 unspecified atom stereocenters. The highest BCUT2D eigenvalue weighted by Crippen LogP contribution is 2.29. The lowest BCUT2D eigenvalue weighted by Gasteiger charge is -2.40. The summed E-state index contributed by atoms with van der Waals surface area (Å²) in [5.74, 6) is -2.41. The second-order valence-corrected chi connectivity index (χ2v) is 9.41. The van der Waals surface area contributed by atoms with Crippen LogP contribution in [0.5, 0.6) is 0 Å². The number of benzene rings is 2. The van der Waals surface area contributed by atoms with Gasteiger partial charge in [0.2, 0.25) is 5.82 Å². The first-order valence-electron chi connectivity index (χ1n) is 12.1. The number of H-pyrrole nitrogens is 1. The smallest absolute Gasteiger partial charge is 0.449 e. The van der Waals surface area contributed by atoms with E-state index in [1.54, 1.807) is 4.90 Å². The molecule has 0 bridgehead atoms. The van der Waals surface area contributed by atoms with E-state index < -0.39 is 30.0 Å². The summed E-state index contributed by atoms with van der Waals surface area (Å²) in [5, 5.41) is 15.1. The zero-order valence-corrected chi connectivity index (χ0v) is 20.1. The van der Waals surface area contributed by atoms with Crippen molar-refractivity contribution in [1.29, 1.82) is 0 Å². The molecule has 1 saturated heterocycles. The lowest BCUT2D eigenvalue weighted by molar-refractivity contribution is -0.144. The Kier molecular flexibility index (Phi) is 6.59. The predicted octanol–water partition coefficient (Wildman–Crippen LogP) is 3.80. The third-order valence-corrected chi connectivity index (χ3v) is 6.90. The molecule has 4 N–H and O–H groups in total. The van der Waals surface area contributed by atoms with Gasteiger partial charge in [0.05, 0.1) is 11.0 Å². The minimum Gasteiger partial charge on any atom is -0.480 e. The van der Waals surface area contributed by atoms with Crippen LogP contribution in [0, 0.1) is 0 Å². The standard InChI is InChI=1S/C25H25F3N6O4/c26-25(27,28)22-29-18-6-5-14(11-19(18)30-22)12-20(21(35)36)32-23(37)33-9-7-16(8-10-33)34-13-15-3-1-2-4-17(15)31-24(34)38/h1-6,11,16,20H,7-10,12-13H2,(H,29,30)(H,31,38)(H,32,37)(H,35,36)/t20-/m1/s1. The molecule has 3 heterocycles. The Morgan fingerprint density at radius 2 is 1.89 bits per heavy atom. The Morgan fingerprint density at radius 3 is 2.61 bits per heavy atom. The van der Waals surface area contributed by atoms with Gasteiger partial charge >= 0.3 is 24.2 Å². The van der Waals surface area contributed by atoms with Crippen LogP contribution in [0.15, 0.2) is 42.5 Å². The van der Waals surface area contributed by atoms with Crippen LogP contribution in [0.2, 0.25) is 0 Å². The van der Waals surface area contributed by atoms with E-state index in [4.69, 9.17) is 0 Å². The SMILES string of the molecule is O=C(O)[C@@H](Cc1ccc2[nH]c(C(F)(F)F)nc2c1)NC(=O)N1CCC(N2Cc3ccccc3NC2=O)CC1. The number of carbonyl (C=O) groups excluding carboxylic acids is 2. The fourth-order valence-electron chi connectivity index (χ4n) is 4.89. The number of rotatable bonds is 5. The summed E-state index contributed by atoms with van der Waals surface area (Å²) >= 11 is 0. The summed E-state index contributed by atoms with van der Waals surface area (Å²) in [5.41, 5.74) is 2.44. The second kappa shape index (κ2) is 9.88. The van der Waals surface area contributed by atoms with Crippen molar-refractivity contribution >= 4 is 34.8 Å². The number of carboxylic acids is 1. The maximum absolute atomic E-state index is 12.9. The van der Waals surface area contributed by atoms with E-state index in [0.29, 0.717) is 38.0 Å². The zero-order chi connectivity index (χ0) is 27.0. The molecule has 38 heavy (non-hydrogen) atoms. The number of fused-ring (bicyclic) bond motifs is 2. The van der Waals surface area contributed by atoms with Gasteiger partial charge in [-0.15, -0.1) is 0 Å². The number of aromatic nitrogens is 2. The minimum atomic E-state index is -4.63. The number of para-hydroxylation sites is 1. The van der Waals surface area contributed by atoms with Gasteiger partial charge < -0.3 is 30.5 Å². The number of alkyl halides is 3. The molecule has 5 rings (SSSR count). The van der Waals surface area contributed by atoms with Gasteiger partial charge in [-0.2, -0.15) is 13.2 Å². The number of carbonyl (C=O) groups is 3. The molecule has 10 nitrogen and oxygen atoms in total. The van der Waals surface area contributed by atoms with Crippen molar-refractivity contribution in [3.05, 3.63) is 59.4 Å². The quantitative estimate of drug-likeness (QED) is 0.399. The van der Waals surface area contributed by atoms with Crippen molar-refractivity contribution in [2.75, 3.05) is 18.4 Å². The number of aliphatic carboxylic acids is 1. The number of carboxylic acid groups (broad SMARTS) is 1. The number of anilines is 1. The predicted molar refractivity (Wildman–Crippen MR) is 130 cm³/mol. The van der Waals surface area contributed by atoms with E-state index in [1.165, 1.54) is 23.1 Å². The molecule has 3 aromatic rings. The summed E-state index contributed by atoms with van der Waals surface area (Å²) in [6.45, 7) is 1.16. The second-order valence-electron chi connectivity index (χ2n) is 9.41. The zero-order valence-electron chi connectivity index (χ0n) is 20.1. The normalized spacial score (nSPS) is 17.2. The number of hydrogen-bond acceptors (Lipinski definition) is 4. The number of nitrogens with one attached hydrogen (secondary N) is 3. The maximum Gasteiger partial charge on any atom is 0.449 e. The van der Waals surface area contributed by atoms with E-state index >= 15 is 0 Å². The van der Waals surface area contributed by atoms with E-state index in [0.717, 1.165) is 11.3 Å². The molecule has 2 aliphatic heterocycles. The largest absolute Gasteiger partial charge is 0.480 e. The summed E-state index contributed by atoms with van der Waals surface area (Å²) in [7, 11) is 0. The summed E-state index contributed by atoms with van der Waals surface area (Å²) < 4.78 is 38.8. The molecule has 4 amide bonds.